The van der Waals surface area contributed by atoms with Gasteiger partial charge in [0.2, 0.25) is 5.91 Å². The van der Waals surface area contributed by atoms with Crippen LogP contribution < -0.4 is 14.8 Å². The fourth-order valence-corrected chi connectivity index (χ4v) is 2.33. The highest BCUT2D eigenvalue weighted by atomic mass is 16.5. The molecule has 0 fully saturated rings. The Morgan fingerprint density at radius 1 is 1.00 bits per heavy atom. The van der Waals surface area contributed by atoms with Crippen LogP contribution in [0.3, 0.4) is 0 Å². The molecule has 1 atom stereocenters. The van der Waals surface area contributed by atoms with E-state index < -0.39 is 6.10 Å². The quantitative estimate of drug-likeness (QED) is 0.760. The standard InChI is InChI=1S/C20H25NO4/c1-15(25-14-17-5-4-6-19(13-17)24-3)20(22)21-12-11-16-7-9-18(23-2)10-8-16/h4-10,13,15H,11-12,14H2,1-3H3,(H,21,22). The molecule has 0 bridgehead atoms. The van der Waals surface area contributed by atoms with Crippen LogP contribution >= 0.6 is 0 Å². The first kappa shape index (κ1) is 18.8. The molecule has 1 amide bonds. The third-order valence-corrected chi connectivity index (χ3v) is 3.88. The second-order valence-corrected chi connectivity index (χ2v) is 5.69. The molecule has 0 aliphatic heterocycles. The van der Waals surface area contributed by atoms with Crippen LogP contribution in [0.2, 0.25) is 0 Å². The maximum absolute atomic E-state index is 12.1. The minimum absolute atomic E-state index is 0.114. The monoisotopic (exact) mass is 343 g/mol. The summed E-state index contributed by atoms with van der Waals surface area (Å²) < 4.78 is 15.9. The van der Waals surface area contributed by atoms with Gasteiger partial charge in [0.1, 0.15) is 17.6 Å². The molecule has 0 saturated heterocycles. The Morgan fingerprint density at radius 3 is 2.40 bits per heavy atom. The van der Waals surface area contributed by atoms with Gasteiger partial charge in [-0.15, -0.1) is 0 Å². The van der Waals surface area contributed by atoms with E-state index in [1.165, 1.54) is 0 Å². The minimum atomic E-state index is -0.512. The molecule has 134 valence electrons. The summed E-state index contributed by atoms with van der Waals surface area (Å²) >= 11 is 0. The van der Waals surface area contributed by atoms with Gasteiger partial charge in [0.25, 0.3) is 0 Å². The van der Waals surface area contributed by atoms with Crippen molar-refractivity contribution < 1.29 is 19.0 Å². The van der Waals surface area contributed by atoms with Crippen LogP contribution in [0.15, 0.2) is 48.5 Å². The van der Waals surface area contributed by atoms with E-state index in [9.17, 15) is 4.79 Å². The molecular weight excluding hydrogens is 318 g/mol. The van der Waals surface area contributed by atoms with Gasteiger partial charge in [-0.2, -0.15) is 0 Å². The van der Waals surface area contributed by atoms with Gasteiger partial charge in [-0.25, -0.2) is 0 Å². The summed E-state index contributed by atoms with van der Waals surface area (Å²) in [6.07, 6.45) is 0.250. The molecule has 0 aliphatic carbocycles. The number of carbonyl (C=O) groups excluding carboxylic acids is 1. The highest BCUT2D eigenvalue weighted by molar-refractivity contribution is 5.80. The maximum atomic E-state index is 12.1. The third kappa shape index (κ3) is 6.12. The van der Waals surface area contributed by atoms with Gasteiger partial charge in [-0.1, -0.05) is 24.3 Å². The number of rotatable bonds is 9. The molecule has 0 aliphatic rings. The predicted octanol–water partition coefficient (Wildman–Crippen LogP) is 2.97. The zero-order valence-electron chi connectivity index (χ0n) is 15.0. The summed E-state index contributed by atoms with van der Waals surface area (Å²) in [6.45, 7) is 2.69. The first-order chi connectivity index (χ1) is 12.1. The van der Waals surface area contributed by atoms with E-state index in [1.54, 1.807) is 21.1 Å². The fraction of sp³-hybridized carbons (Fsp3) is 0.350. The second kappa shape index (κ2) is 9.69. The lowest BCUT2D eigenvalue weighted by atomic mass is 10.1. The van der Waals surface area contributed by atoms with Crippen LogP contribution in [0.5, 0.6) is 11.5 Å². The minimum Gasteiger partial charge on any atom is -0.497 e. The lowest BCUT2D eigenvalue weighted by molar-refractivity contribution is -0.132. The number of amides is 1. The maximum Gasteiger partial charge on any atom is 0.248 e. The van der Waals surface area contributed by atoms with E-state index in [4.69, 9.17) is 14.2 Å². The smallest absolute Gasteiger partial charge is 0.248 e. The van der Waals surface area contributed by atoms with Crippen molar-refractivity contribution in [2.75, 3.05) is 20.8 Å². The molecule has 0 radical (unpaired) electrons. The van der Waals surface area contributed by atoms with Crippen LogP contribution in [-0.4, -0.2) is 32.8 Å². The summed E-state index contributed by atoms with van der Waals surface area (Å²) in [4.78, 5) is 12.1. The van der Waals surface area contributed by atoms with E-state index >= 15 is 0 Å². The summed E-state index contributed by atoms with van der Waals surface area (Å²) in [5.41, 5.74) is 2.11. The molecule has 0 aromatic heterocycles. The van der Waals surface area contributed by atoms with E-state index in [1.807, 2.05) is 48.5 Å². The molecule has 2 aromatic rings. The van der Waals surface area contributed by atoms with Gasteiger partial charge >= 0.3 is 0 Å². The Kier molecular flexibility index (Phi) is 7.29. The summed E-state index contributed by atoms with van der Waals surface area (Å²) in [5.74, 6) is 1.49. The summed E-state index contributed by atoms with van der Waals surface area (Å²) in [5, 5.41) is 2.90. The molecule has 5 heteroatoms. The fourth-order valence-electron chi connectivity index (χ4n) is 2.33. The highest BCUT2D eigenvalue weighted by Crippen LogP contribution is 2.14. The first-order valence-electron chi connectivity index (χ1n) is 8.27. The Labute approximate surface area is 148 Å². The molecular formula is C20H25NO4. The van der Waals surface area contributed by atoms with E-state index in [0.717, 1.165) is 29.0 Å². The summed E-state index contributed by atoms with van der Waals surface area (Å²) in [7, 11) is 3.26. The van der Waals surface area contributed by atoms with Crippen LogP contribution in [0.4, 0.5) is 0 Å². The lowest BCUT2D eigenvalue weighted by Gasteiger charge is -2.14. The second-order valence-electron chi connectivity index (χ2n) is 5.69. The van der Waals surface area contributed by atoms with Gasteiger partial charge in [-0.3, -0.25) is 4.79 Å². The molecule has 5 nitrogen and oxygen atoms in total. The number of carbonyl (C=O) groups is 1. The van der Waals surface area contributed by atoms with E-state index in [0.29, 0.717) is 13.2 Å². The van der Waals surface area contributed by atoms with Crippen molar-refractivity contribution in [2.45, 2.75) is 26.1 Å². The molecule has 0 saturated carbocycles. The van der Waals surface area contributed by atoms with Crippen molar-refractivity contribution in [2.24, 2.45) is 0 Å². The molecule has 1 N–H and O–H groups in total. The van der Waals surface area contributed by atoms with Crippen molar-refractivity contribution in [3.8, 4) is 11.5 Å². The number of ether oxygens (including phenoxy) is 3. The van der Waals surface area contributed by atoms with Gasteiger partial charge in [0.15, 0.2) is 0 Å². The average Bonchev–Trinajstić information content (AvgIpc) is 2.66. The van der Waals surface area contributed by atoms with Crippen molar-refractivity contribution in [1.29, 1.82) is 0 Å². The predicted molar refractivity (Wildman–Crippen MR) is 97.0 cm³/mol. The van der Waals surface area contributed by atoms with Crippen molar-refractivity contribution in [1.82, 2.24) is 5.32 Å². The zero-order valence-corrected chi connectivity index (χ0v) is 15.0. The topological polar surface area (TPSA) is 56.8 Å². The Bertz CT molecular complexity index is 670. The van der Waals surface area contributed by atoms with Crippen LogP contribution in [-0.2, 0) is 22.6 Å². The van der Waals surface area contributed by atoms with Crippen LogP contribution in [0, 0.1) is 0 Å². The van der Waals surface area contributed by atoms with Crippen LogP contribution in [0.1, 0.15) is 18.1 Å². The number of hydrogen-bond acceptors (Lipinski definition) is 4. The molecule has 0 spiro atoms. The van der Waals surface area contributed by atoms with Crippen molar-refractivity contribution in [3.05, 3.63) is 59.7 Å². The zero-order chi connectivity index (χ0) is 18.1. The third-order valence-electron chi connectivity index (χ3n) is 3.88. The number of benzene rings is 2. The van der Waals surface area contributed by atoms with Crippen LogP contribution in [0.25, 0.3) is 0 Å². The Hall–Kier alpha value is -2.53. The number of methoxy groups -OCH3 is 2. The van der Waals surface area contributed by atoms with Gasteiger partial charge < -0.3 is 19.5 Å². The normalized spacial score (nSPS) is 11.6. The van der Waals surface area contributed by atoms with E-state index in [-0.39, 0.29) is 5.91 Å². The van der Waals surface area contributed by atoms with Gasteiger partial charge in [0.05, 0.1) is 20.8 Å². The van der Waals surface area contributed by atoms with Crippen molar-refractivity contribution in [3.63, 3.8) is 0 Å². The van der Waals surface area contributed by atoms with Crippen molar-refractivity contribution >= 4 is 5.91 Å². The summed E-state index contributed by atoms with van der Waals surface area (Å²) in [6, 6.07) is 15.4. The SMILES string of the molecule is COc1ccc(CCNC(=O)C(C)OCc2cccc(OC)c2)cc1. The average molecular weight is 343 g/mol. The van der Waals surface area contributed by atoms with Gasteiger partial charge in [0, 0.05) is 6.54 Å². The molecule has 1 unspecified atom stereocenters. The number of hydrogen-bond donors (Lipinski definition) is 1. The highest BCUT2D eigenvalue weighted by Gasteiger charge is 2.13. The van der Waals surface area contributed by atoms with Gasteiger partial charge in [-0.05, 0) is 48.7 Å². The molecule has 25 heavy (non-hydrogen) atoms. The molecule has 0 heterocycles. The lowest BCUT2D eigenvalue weighted by Crippen LogP contribution is -2.35. The first-order valence-corrected chi connectivity index (χ1v) is 8.27. The molecule has 2 aromatic carbocycles. The number of nitrogens with one attached hydrogen (secondary N) is 1. The molecule has 2 rings (SSSR count). The Morgan fingerprint density at radius 2 is 1.72 bits per heavy atom. The Balaban J connectivity index is 1.72. The van der Waals surface area contributed by atoms with E-state index in [2.05, 4.69) is 5.32 Å². The largest absolute Gasteiger partial charge is 0.497 e.